The lowest BCUT2D eigenvalue weighted by atomic mass is 10.5. The molecule has 0 spiro atoms. The zero-order valence-corrected chi connectivity index (χ0v) is 7.47. The van der Waals surface area contributed by atoms with Crippen LogP contribution in [0.2, 0.25) is 0 Å². The summed E-state index contributed by atoms with van der Waals surface area (Å²) in [6, 6.07) is 3.60. The summed E-state index contributed by atoms with van der Waals surface area (Å²) in [5.74, 6) is 0.720. The fraction of sp³-hybridized carbons (Fsp3) is 0.222. The second-order valence-electron chi connectivity index (χ2n) is 2.68. The van der Waals surface area contributed by atoms with Crippen LogP contribution in [0, 0.1) is 0 Å². The van der Waals surface area contributed by atoms with Gasteiger partial charge in [-0.2, -0.15) is 4.98 Å². The average molecular weight is 194 g/mol. The normalized spacial score (nSPS) is 10.4. The van der Waals surface area contributed by atoms with Crippen molar-refractivity contribution in [3.05, 3.63) is 36.1 Å². The standard InChI is InChI=1S/C9H10N2O3/c10-4-7-5-13-9(11-7)14-6-8-2-1-3-12-8/h1-3,5H,4,6,10H2. The minimum absolute atomic E-state index is 0.210. The Labute approximate surface area is 80.5 Å². The zero-order valence-electron chi connectivity index (χ0n) is 7.47. The molecule has 5 heteroatoms. The summed E-state index contributed by atoms with van der Waals surface area (Å²) < 4.78 is 15.3. The summed E-state index contributed by atoms with van der Waals surface area (Å²) >= 11 is 0. The quantitative estimate of drug-likeness (QED) is 0.794. The molecule has 0 saturated carbocycles. The van der Waals surface area contributed by atoms with Crippen LogP contribution in [0.5, 0.6) is 6.08 Å². The minimum atomic E-state index is 0.210. The molecule has 0 aliphatic carbocycles. The van der Waals surface area contributed by atoms with Gasteiger partial charge in [0.1, 0.15) is 12.0 Å². The minimum Gasteiger partial charge on any atom is -0.466 e. The lowest BCUT2D eigenvalue weighted by Gasteiger charge is -1.96. The van der Waals surface area contributed by atoms with E-state index in [0.717, 1.165) is 5.76 Å². The van der Waals surface area contributed by atoms with E-state index in [2.05, 4.69) is 4.98 Å². The van der Waals surface area contributed by atoms with E-state index in [9.17, 15) is 0 Å². The molecule has 74 valence electrons. The molecule has 2 aromatic heterocycles. The van der Waals surface area contributed by atoms with Gasteiger partial charge in [-0.3, -0.25) is 0 Å². The molecule has 0 radical (unpaired) electrons. The molecular formula is C9H10N2O3. The van der Waals surface area contributed by atoms with Crippen LogP contribution in [0.4, 0.5) is 0 Å². The molecule has 0 bridgehead atoms. The third-order valence-corrected chi connectivity index (χ3v) is 1.66. The lowest BCUT2D eigenvalue weighted by Crippen LogP contribution is -1.97. The van der Waals surface area contributed by atoms with E-state index in [-0.39, 0.29) is 6.08 Å². The summed E-state index contributed by atoms with van der Waals surface area (Å²) in [5, 5.41) is 0. The Balaban J connectivity index is 1.92. The summed E-state index contributed by atoms with van der Waals surface area (Å²) in [6.45, 7) is 0.644. The van der Waals surface area contributed by atoms with Crippen LogP contribution >= 0.6 is 0 Å². The molecule has 14 heavy (non-hydrogen) atoms. The average Bonchev–Trinajstić information content (AvgIpc) is 2.86. The number of hydrogen-bond donors (Lipinski definition) is 1. The van der Waals surface area contributed by atoms with Gasteiger partial charge in [-0.15, -0.1) is 0 Å². The molecule has 0 amide bonds. The molecular weight excluding hydrogens is 184 g/mol. The Kier molecular flexibility index (Phi) is 2.51. The number of aromatic nitrogens is 1. The molecule has 2 heterocycles. The highest BCUT2D eigenvalue weighted by atomic mass is 16.6. The van der Waals surface area contributed by atoms with Crippen LogP contribution in [0.15, 0.2) is 33.5 Å². The van der Waals surface area contributed by atoms with Gasteiger partial charge in [0, 0.05) is 6.54 Å². The third kappa shape index (κ3) is 1.94. The highest BCUT2D eigenvalue weighted by Gasteiger charge is 2.04. The highest BCUT2D eigenvalue weighted by Crippen LogP contribution is 2.12. The lowest BCUT2D eigenvalue weighted by molar-refractivity contribution is 0.200. The van der Waals surface area contributed by atoms with Crippen molar-refractivity contribution in [1.82, 2.24) is 4.98 Å². The van der Waals surface area contributed by atoms with Gasteiger partial charge in [0.15, 0.2) is 6.61 Å². The van der Waals surface area contributed by atoms with E-state index >= 15 is 0 Å². The van der Waals surface area contributed by atoms with Crippen molar-refractivity contribution in [3.63, 3.8) is 0 Å². The number of nitrogens with two attached hydrogens (primary N) is 1. The molecule has 2 aromatic rings. The van der Waals surface area contributed by atoms with Crippen molar-refractivity contribution in [2.45, 2.75) is 13.2 Å². The first-order valence-corrected chi connectivity index (χ1v) is 4.18. The molecule has 0 atom stereocenters. The maximum absolute atomic E-state index is 5.36. The van der Waals surface area contributed by atoms with Gasteiger partial charge in [0.2, 0.25) is 0 Å². The van der Waals surface area contributed by atoms with Crippen molar-refractivity contribution in [2.75, 3.05) is 0 Å². The topological polar surface area (TPSA) is 74.4 Å². The number of rotatable bonds is 4. The SMILES string of the molecule is NCc1coc(OCc2ccco2)n1. The van der Waals surface area contributed by atoms with Crippen molar-refractivity contribution >= 4 is 0 Å². The second kappa shape index (κ2) is 3.97. The van der Waals surface area contributed by atoms with E-state index in [1.807, 2.05) is 6.07 Å². The molecule has 2 rings (SSSR count). The molecule has 0 aliphatic rings. The Morgan fingerprint density at radius 2 is 2.36 bits per heavy atom. The van der Waals surface area contributed by atoms with E-state index in [4.69, 9.17) is 19.3 Å². The Bertz CT molecular complexity index is 380. The smallest absolute Gasteiger partial charge is 0.394 e. The molecule has 2 N–H and O–H groups in total. The summed E-state index contributed by atoms with van der Waals surface area (Å²) in [5.41, 5.74) is 6.02. The van der Waals surface area contributed by atoms with Crippen LogP contribution in [0.25, 0.3) is 0 Å². The van der Waals surface area contributed by atoms with Gasteiger partial charge in [0.05, 0.1) is 12.0 Å². The summed E-state index contributed by atoms with van der Waals surface area (Å²) in [7, 11) is 0. The maximum Gasteiger partial charge on any atom is 0.394 e. The largest absolute Gasteiger partial charge is 0.466 e. The van der Waals surface area contributed by atoms with Crippen molar-refractivity contribution in [3.8, 4) is 6.08 Å². The van der Waals surface area contributed by atoms with Gasteiger partial charge in [-0.1, -0.05) is 0 Å². The first kappa shape index (κ1) is 8.83. The van der Waals surface area contributed by atoms with E-state index < -0.39 is 0 Å². The number of oxazole rings is 1. The van der Waals surface area contributed by atoms with Crippen LogP contribution in [-0.4, -0.2) is 4.98 Å². The second-order valence-corrected chi connectivity index (χ2v) is 2.68. The predicted molar refractivity (Wildman–Crippen MR) is 47.4 cm³/mol. The monoisotopic (exact) mass is 194 g/mol. The Morgan fingerprint density at radius 3 is 3.00 bits per heavy atom. The van der Waals surface area contributed by atoms with Crippen LogP contribution in [-0.2, 0) is 13.2 Å². The zero-order chi connectivity index (χ0) is 9.80. The van der Waals surface area contributed by atoms with Crippen LogP contribution in [0.3, 0.4) is 0 Å². The Morgan fingerprint density at radius 1 is 1.43 bits per heavy atom. The highest BCUT2D eigenvalue weighted by molar-refractivity contribution is 5.01. The Hall–Kier alpha value is -1.75. The molecule has 0 aromatic carbocycles. The molecule has 0 fully saturated rings. The third-order valence-electron chi connectivity index (χ3n) is 1.66. The van der Waals surface area contributed by atoms with Gasteiger partial charge >= 0.3 is 6.08 Å². The van der Waals surface area contributed by atoms with Crippen molar-refractivity contribution < 1.29 is 13.6 Å². The number of hydrogen-bond acceptors (Lipinski definition) is 5. The molecule has 0 saturated heterocycles. The van der Waals surface area contributed by atoms with E-state index in [1.54, 1.807) is 12.3 Å². The number of nitrogens with zero attached hydrogens (tertiary/aromatic N) is 1. The molecule has 0 aliphatic heterocycles. The number of furan rings is 1. The maximum atomic E-state index is 5.36. The summed E-state index contributed by atoms with van der Waals surface area (Å²) in [4.78, 5) is 3.97. The van der Waals surface area contributed by atoms with E-state index in [1.165, 1.54) is 6.26 Å². The molecule has 5 nitrogen and oxygen atoms in total. The fourth-order valence-electron chi connectivity index (χ4n) is 0.976. The van der Waals surface area contributed by atoms with E-state index in [0.29, 0.717) is 18.8 Å². The fourth-order valence-corrected chi connectivity index (χ4v) is 0.976. The predicted octanol–water partition coefficient (Wildman–Crippen LogP) is 1.31. The first-order chi connectivity index (χ1) is 6.88. The van der Waals surface area contributed by atoms with Crippen molar-refractivity contribution in [2.24, 2.45) is 5.73 Å². The van der Waals surface area contributed by atoms with Gasteiger partial charge in [-0.05, 0) is 12.1 Å². The van der Waals surface area contributed by atoms with Gasteiger partial charge in [-0.25, -0.2) is 0 Å². The van der Waals surface area contributed by atoms with Crippen LogP contribution < -0.4 is 10.5 Å². The first-order valence-electron chi connectivity index (χ1n) is 4.18. The summed E-state index contributed by atoms with van der Waals surface area (Å²) in [6.07, 6.45) is 3.26. The number of ether oxygens (including phenoxy) is 1. The molecule has 0 unspecified atom stereocenters. The van der Waals surface area contributed by atoms with Gasteiger partial charge in [0.25, 0.3) is 0 Å². The van der Waals surface area contributed by atoms with Crippen molar-refractivity contribution in [1.29, 1.82) is 0 Å². The van der Waals surface area contributed by atoms with Crippen LogP contribution in [0.1, 0.15) is 11.5 Å². The van der Waals surface area contributed by atoms with Gasteiger partial charge < -0.3 is 19.3 Å².